The molecule has 0 radical (unpaired) electrons. The number of carbonyl (C=O) groups is 3. The summed E-state index contributed by atoms with van der Waals surface area (Å²) in [6, 6.07) is 13.1. The number of esters is 1. The summed E-state index contributed by atoms with van der Waals surface area (Å²) in [6.45, 7) is 5.59. The number of nitrogens with zero attached hydrogens (tertiary/aromatic N) is 3. The minimum Gasteiger partial charge on any atom is -0.478 e. The van der Waals surface area contributed by atoms with E-state index in [1.165, 1.54) is 17.1 Å². The van der Waals surface area contributed by atoms with Crippen LogP contribution in [0, 0.1) is 0 Å². The van der Waals surface area contributed by atoms with Gasteiger partial charge in [-0.25, -0.2) is 9.59 Å². The summed E-state index contributed by atoms with van der Waals surface area (Å²) in [4.78, 5) is 36.6. The highest BCUT2D eigenvalue weighted by Crippen LogP contribution is 2.30. The third kappa shape index (κ3) is 4.03. The van der Waals surface area contributed by atoms with Crippen molar-refractivity contribution in [2.75, 3.05) is 11.6 Å². The second kappa shape index (κ2) is 8.74. The number of anilines is 1. The fourth-order valence-electron chi connectivity index (χ4n) is 3.80. The summed E-state index contributed by atoms with van der Waals surface area (Å²) >= 11 is 0. The van der Waals surface area contributed by atoms with Gasteiger partial charge in [0.15, 0.2) is 0 Å². The van der Waals surface area contributed by atoms with E-state index < -0.39 is 12.0 Å². The molecule has 0 aliphatic carbocycles. The molecule has 0 bridgehead atoms. The molecular formula is C25H23N3O5. The van der Waals surface area contributed by atoms with Gasteiger partial charge in [-0.2, -0.15) is 10.1 Å². The Balaban J connectivity index is 1.71. The average Bonchev–Trinajstić information content (AvgIpc) is 3.31. The normalized spacial score (nSPS) is 15.7. The van der Waals surface area contributed by atoms with E-state index in [4.69, 9.17) is 9.84 Å². The number of aromatic carboxylic acids is 1. The molecule has 1 N–H and O–H groups in total. The molecule has 0 spiro atoms. The molecule has 0 saturated heterocycles. The van der Waals surface area contributed by atoms with Gasteiger partial charge in [-0.3, -0.25) is 4.79 Å². The van der Waals surface area contributed by atoms with Crippen molar-refractivity contribution in [3.8, 4) is 0 Å². The van der Waals surface area contributed by atoms with Crippen LogP contribution in [0.15, 0.2) is 65.4 Å². The number of ether oxygens (including phenoxy) is 1. The topological polar surface area (TPSA) is 101 Å². The van der Waals surface area contributed by atoms with Crippen LogP contribution in [0.3, 0.4) is 0 Å². The van der Waals surface area contributed by atoms with Gasteiger partial charge in [0.2, 0.25) is 0 Å². The SMILES string of the molecule is CCOC(=O)C(C)n1cc(C=C2C(=O)N(c3ccc(C(=O)O)cc3)N=C2C)c2ccccc21. The lowest BCUT2D eigenvalue weighted by molar-refractivity contribution is -0.146. The van der Waals surface area contributed by atoms with Crippen molar-refractivity contribution < 1.29 is 24.2 Å². The van der Waals surface area contributed by atoms with E-state index in [1.807, 2.05) is 35.0 Å². The molecule has 2 heterocycles. The van der Waals surface area contributed by atoms with Crippen molar-refractivity contribution in [2.24, 2.45) is 5.10 Å². The van der Waals surface area contributed by atoms with Crippen LogP contribution in [0.25, 0.3) is 17.0 Å². The lowest BCUT2D eigenvalue weighted by Gasteiger charge is -2.13. The summed E-state index contributed by atoms with van der Waals surface area (Å²) in [7, 11) is 0. The van der Waals surface area contributed by atoms with Crippen LogP contribution in [-0.2, 0) is 14.3 Å². The maximum absolute atomic E-state index is 13.2. The Morgan fingerprint density at radius 3 is 2.52 bits per heavy atom. The number of rotatable bonds is 6. The van der Waals surface area contributed by atoms with Crippen LogP contribution in [0.4, 0.5) is 5.69 Å². The zero-order valence-electron chi connectivity index (χ0n) is 18.5. The van der Waals surface area contributed by atoms with E-state index >= 15 is 0 Å². The van der Waals surface area contributed by atoms with Crippen LogP contribution < -0.4 is 5.01 Å². The van der Waals surface area contributed by atoms with Crippen molar-refractivity contribution in [2.45, 2.75) is 26.8 Å². The Labute approximate surface area is 190 Å². The van der Waals surface area contributed by atoms with E-state index in [-0.39, 0.29) is 17.4 Å². The molecule has 0 fully saturated rings. The van der Waals surface area contributed by atoms with Crippen molar-refractivity contribution in [1.29, 1.82) is 0 Å². The van der Waals surface area contributed by atoms with Crippen LogP contribution in [0.1, 0.15) is 42.7 Å². The van der Waals surface area contributed by atoms with E-state index in [2.05, 4.69) is 5.10 Å². The van der Waals surface area contributed by atoms with Crippen LogP contribution in [-0.4, -0.2) is 39.8 Å². The highest BCUT2D eigenvalue weighted by molar-refractivity contribution is 6.32. The first-order valence-electron chi connectivity index (χ1n) is 10.5. The third-order valence-electron chi connectivity index (χ3n) is 5.54. The standard InChI is InChI=1S/C25H23N3O5/c1-4-33-25(32)16(3)27-14-18(20-7-5-6-8-22(20)27)13-21-15(2)26-28(23(21)29)19-11-9-17(10-12-19)24(30)31/h5-14,16H,4H2,1-3H3,(H,30,31). The molecule has 1 unspecified atom stereocenters. The molecule has 4 rings (SSSR count). The predicted molar refractivity (Wildman–Crippen MR) is 125 cm³/mol. The van der Waals surface area contributed by atoms with Crippen LogP contribution in [0.2, 0.25) is 0 Å². The lowest BCUT2D eigenvalue weighted by Crippen LogP contribution is -2.21. The summed E-state index contributed by atoms with van der Waals surface area (Å²) in [5.74, 6) is -1.68. The highest BCUT2D eigenvalue weighted by Gasteiger charge is 2.29. The van der Waals surface area contributed by atoms with Gasteiger partial charge in [-0.1, -0.05) is 18.2 Å². The Kier molecular flexibility index (Phi) is 5.83. The zero-order chi connectivity index (χ0) is 23.7. The summed E-state index contributed by atoms with van der Waals surface area (Å²) < 4.78 is 7.02. The molecule has 1 aromatic heterocycles. The molecule has 1 amide bonds. The number of carboxylic acids is 1. The first kappa shape index (κ1) is 22.0. The van der Waals surface area contributed by atoms with Gasteiger partial charge in [-0.15, -0.1) is 0 Å². The molecule has 3 aromatic rings. The molecule has 33 heavy (non-hydrogen) atoms. The second-order valence-corrected chi connectivity index (χ2v) is 7.65. The molecule has 1 aliphatic rings. The lowest BCUT2D eigenvalue weighted by atomic mass is 10.1. The van der Waals surface area contributed by atoms with Crippen LogP contribution in [0.5, 0.6) is 0 Å². The van der Waals surface area contributed by atoms with Gasteiger partial charge < -0.3 is 14.4 Å². The number of hydrogen-bond donors (Lipinski definition) is 1. The Bertz CT molecular complexity index is 1320. The number of carboxylic acid groups (broad SMARTS) is 1. The largest absolute Gasteiger partial charge is 0.478 e. The average molecular weight is 445 g/mol. The van der Waals surface area contributed by atoms with Gasteiger partial charge >= 0.3 is 11.9 Å². The van der Waals surface area contributed by atoms with Crippen LogP contribution >= 0.6 is 0 Å². The second-order valence-electron chi connectivity index (χ2n) is 7.65. The minimum absolute atomic E-state index is 0.130. The van der Waals surface area contributed by atoms with Crippen molar-refractivity contribution in [3.05, 3.63) is 71.4 Å². The molecule has 1 aliphatic heterocycles. The van der Waals surface area contributed by atoms with E-state index in [0.29, 0.717) is 23.6 Å². The first-order chi connectivity index (χ1) is 15.8. The molecule has 2 aromatic carbocycles. The molecule has 168 valence electrons. The van der Waals surface area contributed by atoms with Gasteiger partial charge in [0.1, 0.15) is 6.04 Å². The number of amides is 1. The minimum atomic E-state index is -1.04. The fraction of sp³-hybridized carbons (Fsp3) is 0.200. The molecule has 8 nitrogen and oxygen atoms in total. The highest BCUT2D eigenvalue weighted by atomic mass is 16.5. The number of benzene rings is 2. The summed E-state index contributed by atoms with van der Waals surface area (Å²) in [6.07, 6.45) is 3.60. The molecule has 1 atom stereocenters. The Morgan fingerprint density at radius 1 is 1.15 bits per heavy atom. The predicted octanol–water partition coefficient (Wildman–Crippen LogP) is 4.27. The van der Waals surface area contributed by atoms with Gasteiger partial charge in [0, 0.05) is 22.7 Å². The smallest absolute Gasteiger partial charge is 0.335 e. The van der Waals surface area contributed by atoms with Crippen molar-refractivity contribution >= 4 is 46.2 Å². The number of carbonyl (C=O) groups excluding carboxylic acids is 2. The summed E-state index contributed by atoms with van der Waals surface area (Å²) in [5.41, 5.74) is 3.20. The van der Waals surface area contributed by atoms with E-state index in [1.54, 1.807) is 39.0 Å². The third-order valence-corrected chi connectivity index (χ3v) is 5.54. The molecular weight excluding hydrogens is 422 g/mol. The maximum atomic E-state index is 13.2. The number of fused-ring (bicyclic) bond motifs is 1. The quantitative estimate of drug-likeness (QED) is 0.451. The summed E-state index contributed by atoms with van der Waals surface area (Å²) in [5, 5.41) is 15.6. The number of hydrazone groups is 1. The van der Waals surface area contributed by atoms with Crippen molar-refractivity contribution in [3.63, 3.8) is 0 Å². The Hall–Kier alpha value is -4.20. The maximum Gasteiger partial charge on any atom is 0.335 e. The zero-order valence-corrected chi connectivity index (χ0v) is 18.5. The number of aromatic nitrogens is 1. The van der Waals surface area contributed by atoms with Gasteiger partial charge in [-0.05, 0) is 57.2 Å². The first-order valence-corrected chi connectivity index (χ1v) is 10.5. The van der Waals surface area contributed by atoms with Gasteiger partial charge in [0.25, 0.3) is 5.91 Å². The number of para-hydroxylation sites is 1. The molecule has 8 heteroatoms. The van der Waals surface area contributed by atoms with Crippen molar-refractivity contribution in [1.82, 2.24) is 4.57 Å². The number of hydrogen-bond acceptors (Lipinski definition) is 5. The van der Waals surface area contributed by atoms with Gasteiger partial charge in [0.05, 0.1) is 29.1 Å². The fourth-order valence-corrected chi connectivity index (χ4v) is 3.80. The molecule has 0 saturated carbocycles. The monoisotopic (exact) mass is 445 g/mol. The van der Waals surface area contributed by atoms with E-state index in [0.717, 1.165) is 16.5 Å². The Morgan fingerprint density at radius 2 is 1.85 bits per heavy atom. The van der Waals surface area contributed by atoms with E-state index in [9.17, 15) is 14.4 Å².